The van der Waals surface area contributed by atoms with Gasteiger partial charge in [-0.15, -0.1) is 0 Å². The van der Waals surface area contributed by atoms with Crippen LogP contribution in [0.3, 0.4) is 0 Å². The smallest absolute Gasteiger partial charge is 0.302 e. The molecule has 2 aromatic carbocycles. The van der Waals surface area contributed by atoms with E-state index in [2.05, 4.69) is 16.8 Å². The molecule has 1 aliphatic heterocycles. The Morgan fingerprint density at radius 2 is 2.00 bits per heavy atom. The van der Waals surface area contributed by atoms with Crippen LogP contribution in [0, 0.1) is 5.82 Å². The molecular weight excluding hydrogens is 319 g/mol. The molecule has 0 spiro atoms. The lowest BCUT2D eigenvalue weighted by Gasteiger charge is -2.20. The number of anilines is 1. The van der Waals surface area contributed by atoms with Crippen molar-refractivity contribution in [2.24, 2.45) is 7.05 Å². The van der Waals surface area contributed by atoms with Gasteiger partial charge < -0.3 is 14.5 Å². The monoisotopic (exact) mass is 338 g/mol. The molecule has 0 saturated heterocycles. The number of halogens is 1. The molecule has 0 unspecified atom stereocenters. The molecule has 5 nitrogen and oxygen atoms in total. The number of aromatic nitrogens is 2. The number of para-hydroxylation sites is 2. The van der Waals surface area contributed by atoms with Gasteiger partial charge >= 0.3 is 6.01 Å². The molecule has 4 rings (SSSR count). The molecule has 0 radical (unpaired) electrons. The standard InChI is InChI=1S/C19H19FN4O/c1-3-23-10-11-24(13-23)17-9-8-14(12-15(17)20)25-19-21-16-6-4-5-7-18(16)22(19)2/h4-12H,3,13H2,1-2H3. The first-order chi connectivity index (χ1) is 12.2. The quantitative estimate of drug-likeness (QED) is 0.718. The van der Waals surface area contributed by atoms with E-state index < -0.39 is 0 Å². The number of hydrogen-bond donors (Lipinski definition) is 0. The summed E-state index contributed by atoms with van der Waals surface area (Å²) in [6.07, 6.45) is 3.84. The van der Waals surface area contributed by atoms with E-state index in [1.54, 1.807) is 12.1 Å². The van der Waals surface area contributed by atoms with Crippen LogP contribution < -0.4 is 9.64 Å². The van der Waals surface area contributed by atoms with Crippen molar-refractivity contribution in [2.75, 3.05) is 18.1 Å². The Labute approximate surface area is 145 Å². The van der Waals surface area contributed by atoms with Crippen molar-refractivity contribution in [2.45, 2.75) is 6.92 Å². The lowest BCUT2D eigenvalue weighted by Crippen LogP contribution is -2.25. The molecule has 1 aliphatic rings. The highest BCUT2D eigenvalue weighted by Crippen LogP contribution is 2.30. The molecule has 0 N–H and O–H groups in total. The SMILES string of the molecule is CCN1C=CN(c2ccc(Oc3nc4ccccc4n3C)cc2F)C1. The Bertz CT molecular complexity index is 950. The van der Waals surface area contributed by atoms with Crippen molar-refractivity contribution in [1.82, 2.24) is 14.5 Å². The van der Waals surface area contributed by atoms with E-state index in [1.165, 1.54) is 6.07 Å². The molecule has 1 aromatic heterocycles. The summed E-state index contributed by atoms with van der Waals surface area (Å²) in [5.74, 6) is 0.106. The number of nitrogens with zero attached hydrogens (tertiary/aromatic N) is 4. The lowest BCUT2D eigenvalue weighted by atomic mass is 10.2. The van der Waals surface area contributed by atoms with E-state index in [0.717, 1.165) is 17.6 Å². The maximum atomic E-state index is 14.5. The van der Waals surface area contributed by atoms with Crippen molar-refractivity contribution >= 4 is 16.7 Å². The Kier molecular flexibility index (Phi) is 3.80. The first kappa shape index (κ1) is 15.5. The number of ether oxygens (including phenoxy) is 1. The van der Waals surface area contributed by atoms with E-state index in [-0.39, 0.29) is 5.82 Å². The number of aryl methyl sites for hydroxylation is 1. The molecule has 2 heterocycles. The van der Waals surface area contributed by atoms with Gasteiger partial charge in [-0.3, -0.25) is 4.57 Å². The van der Waals surface area contributed by atoms with Crippen LogP contribution in [0.5, 0.6) is 11.8 Å². The van der Waals surface area contributed by atoms with Crippen LogP contribution in [-0.2, 0) is 7.05 Å². The molecule has 128 valence electrons. The van der Waals surface area contributed by atoms with Crippen LogP contribution in [0.2, 0.25) is 0 Å². The first-order valence-electron chi connectivity index (χ1n) is 8.23. The Hall–Kier alpha value is -3.02. The van der Waals surface area contributed by atoms with Crippen molar-refractivity contribution in [3.63, 3.8) is 0 Å². The minimum atomic E-state index is -0.320. The second-order valence-electron chi connectivity index (χ2n) is 5.97. The van der Waals surface area contributed by atoms with Crippen molar-refractivity contribution in [3.05, 3.63) is 60.7 Å². The first-order valence-corrected chi connectivity index (χ1v) is 8.23. The zero-order valence-electron chi connectivity index (χ0n) is 14.2. The van der Waals surface area contributed by atoms with Gasteiger partial charge in [0.1, 0.15) is 5.75 Å². The maximum Gasteiger partial charge on any atom is 0.302 e. The van der Waals surface area contributed by atoms with Gasteiger partial charge in [-0.05, 0) is 31.2 Å². The number of benzene rings is 2. The van der Waals surface area contributed by atoms with Gasteiger partial charge in [0, 0.05) is 32.1 Å². The van der Waals surface area contributed by atoms with E-state index in [9.17, 15) is 4.39 Å². The van der Waals surface area contributed by atoms with Crippen LogP contribution in [0.1, 0.15) is 6.92 Å². The highest BCUT2D eigenvalue weighted by molar-refractivity contribution is 5.76. The van der Waals surface area contributed by atoms with Crippen molar-refractivity contribution in [3.8, 4) is 11.8 Å². The third-order valence-electron chi connectivity index (χ3n) is 4.38. The zero-order chi connectivity index (χ0) is 17.4. The Morgan fingerprint density at radius 1 is 1.16 bits per heavy atom. The van der Waals surface area contributed by atoms with E-state index >= 15 is 0 Å². The number of imidazole rings is 1. The third kappa shape index (κ3) is 2.80. The summed E-state index contributed by atoms with van der Waals surface area (Å²) in [6, 6.07) is 13.1. The second-order valence-corrected chi connectivity index (χ2v) is 5.97. The zero-order valence-corrected chi connectivity index (χ0v) is 14.2. The van der Waals surface area contributed by atoms with Gasteiger partial charge in [0.15, 0.2) is 5.82 Å². The molecule has 3 aromatic rings. The number of fused-ring (bicyclic) bond motifs is 1. The largest absolute Gasteiger partial charge is 0.425 e. The predicted molar refractivity (Wildman–Crippen MR) is 96.1 cm³/mol. The van der Waals surface area contributed by atoms with Crippen LogP contribution in [0.25, 0.3) is 11.0 Å². The van der Waals surface area contributed by atoms with Gasteiger partial charge in [0.25, 0.3) is 0 Å². The molecular formula is C19H19FN4O. The average molecular weight is 338 g/mol. The summed E-state index contributed by atoms with van der Waals surface area (Å²) in [4.78, 5) is 8.42. The molecule has 25 heavy (non-hydrogen) atoms. The van der Waals surface area contributed by atoms with Gasteiger partial charge in [-0.2, -0.15) is 4.98 Å². The predicted octanol–water partition coefficient (Wildman–Crippen LogP) is 4.08. The summed E-state index contributed by atoms with van der Waals surface area (Å²) in [7, 11) is 1.88. The van der Waals surface area contributed by atoms with E-state index in [0.29, 0.717) is 24.1 Å². The summed E-state index contributed by atoms with van der Waals surface area (Å²) in [5.41, 5.74) is 2.35. The summed E-state index contributed by atoms with van der Waals surface area (Å²) < 4.78 is 22.2. The van der Waals surface area contributed by atoms with Gasteiger partial charge in [0.05, 0.1) is 23.4 Å². The molecule has 0 aliphatic carbocycles. The van der Waals surface area contributed by atoms with E-state index in [1.807, 2.05) is 53.2 Å². The molecule has 0 amide bonds. The lowest BCUT2D eigenvalue weighted by molar-refractivity contribution is 0.421. The fraction of sp³-hybridized carbons (Fsp3) is 0.211. The Balaban J connectivity index is 1.58. The summed E-state index contributed by atoms with van der Waals surface area (Å²) in [6.45, 7) is 3.61. The minimum absolute atomic E-state index is 0.320. The van der Waals surface area contributed by atoms with Gasteiger partial charge in [-0.1, -0.05) is 12.1 Å². The fourth-order valence-electron chi connectivity index (χ4n) is 2.93. The van der Waals surface area contributed by atoms with E-state index in [4.69, 9.17) is 4.74 Å². The molecule has 0 saturated carbocycles. The van der Waals surface area contributed by atoms with Crippen LogP contribution in [-0.4, -0.2) is 27.7 Å². The molecule has 6 heteroatoms. The fourth-order valence-corrected chi connectivity index (χ4v) is 2.93. The highest BCUT2D eigenvalue weighted by atomic mass is 19.1. The second kappa shape index (κ2) is 6.12. The maximum absolute atomic E-state index is 14.5. The van der Waals surface area contributed by atoms with Crippen LogP contribution in [0.4, 0.5) is 10.1 Å². The number of rotatable bonds is 4. The van der Waals surface area contributed by atoms with Gasteiger partial charge in [-0.25, -0.2) is 4.39 Å². The summed E-state index contributed by atoms with van der Waals surface area (Å²) >= 11 is 0. The van der Waals surface area contributed by atoms with Crippen molar-refractivity contribution in [1.29, 1.82) is 0 Å². The van der Waals surface area contributed by atoms with Gasteiger partial charge in [0.2, 0.25) is 0 Å². The van der Waals surface area contributed by atoms with Crippen LogP contribution in [0.15, 0.2) is 54.9 Å². The third-order valence-corrected chi connectivity index (χ3v) is 4.38. The molecule has 0 atom stereocenters. The Morgan fingerprint density at radius 3 is 2.72 bits per heavy atom. The average Bonchev–Trinajstić information content (AvgIpc) is 3.21. The highest BCUT2D eigenvalue weighted by Gasteiger charge is 2.17. The topological polar surface area (TPSA) is 33.5 Å². The van der Waals surface area contributed by atoms with Crippen molar-refractivity contribution < 1.29 is 9.13 Å². The number of hydrogen-bond acceptors (Lipinski definition) is 4. The molecule has 0 bridgehead atoms. The minimum Gasteiger partial charge on any atom is -0.425 e. The normalized spacial score (nSPS) is 13.9. The van der Waals surface area contributed by atoms with Crippen LogP contribution >= 0.6 is 0 Å². The summed E-state index contributed by atoms with van der Waals surface area (Å²) in [5, 5.41) is 0. The molecule has 0 fully saturated rings.